The van der Waals surface area contributed by atoms with Gasteiger partial charge < -0.3 is 16.4 Å². The third-order valence-electron chi connectivity index (χ3n) is 2.51. The average molecular weight is 275 g/mol. The number of nitrogens with two attached hydrogens (primary N) is 1. The maximum Gasteiger partial charge on any atom is 0.267 e. The van der Waals surface area contributed by atoms with Gasteiger partial charge in [-0.3, -0.25) is 9.59 Å². The third kappa shape index (κ3) is 2.92. The summed E-state index contributed by atoms with van der Waals surface area (Å²) in [5.41, 5.74) is 7.17. The second-order valence-electron chi connectivity index (χ2n) is 3.82. The van der Waals surface area contributed by atoms with Crippen LogP contribution in [0, 0.1) is 0 Å². The zero-order chi connectivity index (χ0) is 13.8. The fraction of sp³-hybridized carbons (Fsp3) is 0.0769. The van der Waals surface area contributed by atoms with Crippen LogP contribution in [0.2, 0.25) is 0 Å². The summed E-state index contributed by atoms with van der Waals surface area (Å²) in [6.45, 7) is 0. The standard InChI is InChI=1S/C13H13N3O2S/c1-15-12(17)8-3-2-4-9(7-8)16-13(18)11-10(14)5-6-19-11/h2-7H,14H2,1H3,(H,15,17)(H,16,18). The molecule has 19 heavy (non-hydrogen) atoms. The molecule has 0 saturated heterocycles. The first-order chi connectivity index (χ1) is 9.11. The SMILES string of the molecule is CNC(=O)c1cccc(NC(=O)c2sccc2N)c1. The highest BCUT2D eigenvalue weighted by molar-refractivity contribution is 7.12. The Bertz CT molecular complexity index is 622. The number of carbonyl (C=O) groups excluding carboxylic acids is 2. The number of hydrogen-bond donors (Lipinski definition) is 3. The van der Waals surface area contributed by atoms with E-state index in [2.05, 4.69) is 10.6 Å². The summed E-state index contributed by atoms with van der Waals surface area (Å²) in [5.74, 6) is -0.478. The zero-order valence-electron chi connectivity index (χ0n) is 10.3. The molecule has 1 aromatic carbocycles. The van der Waals surface area contributed by atoms with Gasteiger partial charge in [0.15, 0.2) is 0 Å². The second-order valence-corrected chi connectivity index (χ2v) is 4.74. The molecule has 0 spiro atoms. The van der Waals surface area contributed by atoms with Gasteiger partial charge in [0.2, 0.25) is 0 Å². The van der Waals surface area contributed by atoms with E-state index in [-0.39, 0.29) is 11.8 Å². The molecule has 98 valence electrons. The number of thiophene rings is 1. The normalized spacial score (nSPS) is 9.95. The van der Waals surface area contributed by atoms with E-state index in [9.17, 15) is 9.59 Å². The van der Waals surface area contributed by atoms with Crippen molar-refractivity contribution in [3.63, 3.8) is 0 Å². The number of rotatable bonds is 3. The van der Waals surface area contributed by atoms with E-state index < -0.39 is 0 Å². The van der Waals surface area contributed by atoms with Crippen molar-refractivity contribution in [2.24, 2.45) is 0 Å². The van der Waals surface area contributed by atoms with E-state index in [4.69, 9.17) is 5.73 Å². The van der Waals surface area contributed by atoms with Crippen molar-refractivity contribution in [2.45, 2.75) is 0 Å². The molecule has 1 aromatic heterocycles. The smallest absolute Gasteiger partial charge is 0.267 e. The van der Waals surface area contributed by atoms with Gasteiger partial charge in [-0.05, 0) is 29.6 Å². The molecule has 0 unspecified atom stereocenters. The Balaban J connectivity index is 2.18. The van der Waals surface area contributed by atoms with Crippen LogP contribution in [0.4, 0.5) is 11.4 Å². The summed E-state index contributed by atoms with van der Waals surface area (Å²) in [4.78, 5) is 23.9. The minimum Gasteiger partial charge on any atom is -0.397 e. The minimum absolute atomic E-state index is 0.202. The summed E-state index contributed by atoms with van der Waals surface area (Å²) < 4.78 is 0. The van der Waals surface area contributed by atoms with Crippen molar-refractivity contribution in [3.8, 4) is 0 Å². The van der Waals surface area contributed by atoms with Crippen molar-refractivity contribution in [3.05, 3.63) is 46.2 Å². The predicted octanol–water partition coefficient (Wildman–Crippen LogP) is 1.94. The van der Waals surface area contributed by atoms with E-state index in [1.54, 1.807) is 42.8 Å². The Kier molecular flexibility index (Phi) is 3.82. The van der Waals surface area contributed by atoms with Gasteiger partial charge in [0.05, 0.1) is 5.69 Å². The lowest BCUT2D eigenvalue weighted by molar-refractivity contribution is 0.0961. The molecule has 0 saturated carbocycles. The van der Waals surface area contributed by atoms with Crippen LogP contribution in [0.15, 0.2) is 35.7 Å². The number of anilines is 2. The second kappa shape index (κ2) is 5.53. The zero-order valence-corrected chi connectivity index (χ0v) is 11.1. The monoisotopic (exact) mass is 275 g/mol. The lowest BCUT2D eigenvalue weighted by Gasteiger charge is -2.06. The molecule has 0 aliphatic heterocycles. The summed E-state index contributed by atoms with van der Waals surface area (Å²) in [7, 11) is 1.56. The first-order valence-electron chi connectivity index (χ1n) is 5.58. The quantitative estimate of drug-likeness (QED) is 0.800. The molecule has 0 aliphatic rings. The Morgan fingerprint density at radius 3 is 2.63 bits per heavy atom. The van der Waals surface area contributed by atoms with Crippen LogP contribution in [-0.4, -0.2) is 18.9 Å². The number of nitrogens with one attached hydrogen (secondary N) is 2. The molecule has 0 atom stereocenters. The lowest BCUT2D eigenvalue weighted by Crippen LogP contribution is -2.18. The van der Waals surface area contributed by atoms with Gasteiger partial charge in [-0.25, -0.2) is 0 Å². The van der Waals surface area contributed by atoms with Crippen molar-refractivity contribution in [1.82, 2.24) is 5.32 Å². The topological polar surface area (TPSA) is 84.2 Å². The van der Waals surface area contributed by atoms with Gasteiger partial charge in [0.25, 0.3) is 11.8 Å². The first-order valence-corrected chi connectivity index (χ1v) is 6.46. The highest BCUT2D eigenvalue weighted by Crippen LogP contribution is 2.20. The van der Waals surface area contributed by atoms with Crippen LogP contribution in [0.1, 0.15) is 20.0 Å². The molecular formula is C13H13N3O2S. The molecular weight excluding hydrogens is 262 g/mol. The fourth-order valence-corrected chi connectivity index (χ4v) is 2.29. The van der Waals surface area contributed by atoms with Gasteiger partial charge in [-0.15, -0.1) is 11.3 Å². The van der Waals surface area contributed by atoms with E-state index in [1.807, 2.05) is 0 Å². The van der Waals surface area contributed by atoms with E-state index in [0.717, 1.165) is 0 Å². The van der Waals surface area contributed by atoms with Gasteiger partial charge >= 0.3 is 0 Å². The Morgan fingerprint density at radius 2 is 2.00 bits per heavy atom. The van der Waals surface area contributed by atoms with E-state index in [1.165, 1.54) is 11.3 Å². The van der Waals surface area contributed by atoms with Crippen LogP contribution in [-0.2, 0) is 0 Å². The largest absolute Gasteiger partial charge is 0.397 e. The molecule has 0 radical (unpaired) electrons. The number of hydrogen-bond acceptors (Lipinski definition) is 4. The van der Waals surface area contributed by atoms with Gasteiger partial charge in [-0.1, -0.05) is 6.07 Å². The Hall–Kier alpha value is -2.34. The first kappa shape index (κ1) is 13.1. The molecule has 6 heteroatoms. The fourth-order valence-electron chi connectivity index (χ4n) is 1.57. The highest BCUT2D eigenvalue weighted by Gasteiger charge is 2.12. The lowest BCUT2D eigenvalue weighted by atomic mass is 10.2. The molecule has 5 nitrogen and oxygen atoms in total. The maximum atomic E-state index is 12.0. The Morgan fingerprint density at radius 1 is 1.21 bits per heavy atom. The minimum atomic E-state index is -0.276. The van der Waals surface area contributed by atoms with Crippen LogP contribution in [0.3, 0.4) is 0 Å². The number of carbonyl (C=O) groups is 2. The highest BCUT2D eigenvalue weighted by atomic mass is 32.1. The molecule has 2 rings (SSSR count). The number of nitrogen functional groups attached to an aromatic ring is 1. The van der Waals surface area contributed by atoms with Crippen LogP contribution in [0.5, 0.6) is 0 Å². The number of benzene rings is 1. The summed E-state index contributed by atoms with van der Waals surface area (Å²) >= 11 is 1.28. The van der Waals surface area contributed by atoms with Crippen LogP contribution >= 0.6 is 11.3 Å². The molecule has 0 fully saturated rings. The molecule has 4 N–H and O–H groups in total. The maximum absolute atomic E-state index is 12.0. The Labute approximate surface area is 114 Å². The molecule has 2 aromatic rings. The number of amides is 2. The van der Waals surface area contributed by atoms with Gasteiger partial charge in [-0.2, -0.15) is 0 Å². The summed E-state index contributed by atoms with van der Waals surface area (Å²) in [6.07, 6.45) is 0. The van der Waals surface area contributed by atoms with E-state index in [0.29, 0.717) is 21.8 Å². The third-order valence-corrected chi connectivity index (χ3v) is 3.44. The molecule has 0 aliphatic carbocycles. The summed E-state index contributed by atoms with van der Waals surface area (Å²) in [5, 5.41) is 7.00. The van der Waals surface area contributed by atoms with Gasteiger partial charge in [0.1, 0.15) is 4.88 Å². The van der Waals surface area contributed by atoms with E-state index >= 15 is 0 Å². The van der Waals surface area contributed by atoms with Crippen molar-refractivity contribution in [2.75, 3.05) is 18.1 Å². The predicted molar refractivity (Wildman–Crippen MR) is 76.5 cm³/mol. The summed E-state index contributed by atoms with van der Waals surface area (Å²) in [6, 6.07) is 8.39. The van der Waals surface area contributed by atoms with Crippen molar-refractivity contribution >= 4 is 34.5 Å². The van der Waals surface area contributed by atoms with Crippen molar-refractivity contribution < 1.29 is 9.59 Å². The molecule has 0 bridgehead atoms. The average Bonchev–Trinajstić information content (AvgIpc) is 2.84. The van der Waals surface area contributed by atoms with Crippen LogP contribution < -0.4 is 16.4 Å². The molecule has 1 heterocycles. The van der Waals surface area contributed by atoms with Gasteiger partial charge in [0, 0.05) is 18.3 Å². The molecule has 2 amide bonds. The van der Waals surface area contributed by atoms with Crippen molar-refractivity contribution in [1.29, 1.82) is 0 Å². The van der Waals surface area contributed by atoms with Crippen LogP contribution in [0.25, 0.3) is 0 Å².